The first-order chi connectivity index (χ1) is 3.15. The molecule has 0 radical (unpaired) electrons. The fraction of sp³-hybridized carbons (Fsp3) is 0. The van der Waals surface area contributed by atoms with Crippen LogP contribution in [-0.2, 0) is 0 Å². The highest BCUT2D eigenvalue weighted by molar-refractivity contribution is 4.36. The molecule has 0 aliphatic rings. The molecule has 0 aliphatic carbocycles. The maximum absolute atomic E-state index is 8.25. The second kappa shape index (κ2) is 8.82. The van der Waals surface area contributed by atoms with Crippen molar-refractivity contribution >= 4 is 0 Å². The second-order valence-electron chi connectivity index (χ2n) is 0.313. The Labute approximate surface area is 37.7 Å². The minimum Gasteiger partial charge on any atom is -0.373 e. The Morgan fingerprint density at radius 3 is 1.43 bits per heavy atom. The molecule has 7 heavy (non-hydrogen) atoms. The lowest BCUT2D eigenvalue weighted by molar-refractivity contribution is -0.402. The zero-order chi connectivity index (χ0) is 6.28. The van der Waals surface area contributed by atoms with E-state index < -0.39 is 5.09 Å². The number of rotatable bonds is 0. The van der Waals surface area contributed by atoms with Crippen LogP contribution in [0.1, 0.15) is 0 Å². The molecule has 0 bridgehead atoms. The molecule has 0 atom stereocenters. The van der Waals surface area contributed by atoms with Crippen molar-refractivity contribution in [2.45, 2.75) is 0 Å². The van der Waals surface area contributed by atoms with E-state index in [4.69, 9.17) is 26.4 Å². The highest BCUT2D eigenvalue weighted by Crippen LogP contribution is 1.44. The van der Waals surface area contributed by atoms with E-state index in [9.17, 15) is 0 Å². The zero-order valence-electron chi connectivity index (χ0n) is 3.01. The fourth-order valence-corrected chi connectivity index (χ4v) is 0. The predicted molar refractivity (Wildman–Crippen MR) is 20.4 cm³/mol. The van der Waals surface area contributed by atoms with Gasteiger partial charge in [-0.3, -0.25) is 4.91 Å². The monoisotopic (exact) mass is 104 g/mol. The lowest BCUT2D eigenvalue weighted by Crippen LogP contribution is -1.74. The van der Waals surface area contributed by atoms with Gasteiger partial charge in [0.15, 0.2) is 0 Å². The number of nitrogens with zero attached hydrogens (tertiary/aromatic N) is 4. The number of hydrogen-bond acceptors (Lipinski definition) is 3. The van der Waals surface area contributed by atoms with Crippen LogP contribution in [0.5, 0.6) is 0 Å². The summed E-state index contributed by atoms with van der Waals surface area (Å²) in [6, 6.07) is 0. The van der Waals surface area contributed by atoms with E-state index in [2.05, 4.69) is 0 Å². The van der Waals surface area contributed by atoms with Crippen molar-refractivity contribution in [2.75, 3.05) is 0 Å². The van der Waals surface area contributed by atoms with Crippen LogP contribution in [0, 0.1) is 15.3 Å². The van der Waals surface area contributed by atoms with Gasteiger partial charge in [-0.25, -0.2) is 0 Å². The average molecular weight is 104 g/mol. The van der Waals surface area contributed by atoms with Crippen molar-refractivity contribution in [1.82, 2.24) is 0 Å². The van der Waals surface area contributed by atoms with Gasteiger partial charge in [0.1, 0.15) is 0 Å². The van der Waals surface area contributed by atoms with E-state index in [0.717, 1.165) is 0 Å². The Morgan fingerprint density at radius 1 is 1.43 bits per heavy atom. The summed E-state index contributed by atoms with van der Waals surface area (Å²) in [5.41, 5.74) is 13.5. The van der Waals surface area contributed by atoms with Crippen molar-refractivity contribution in [3.63, 3.8) is 0 Å². The lowest BCUT2D eigenvalue weighted by Gasteiger charge is -1.74. The maximum Gasteiger partial charge on any atom is 0.0689 e. The summed E-state index contributed by atoms with van der Waals surface area (Å²) in [4.78, 5) is 9.75. The third-order valence-corrected chi connectivity index (χ3v) is 0. The highest BCUT2D eigenvalue weighted by Gasteiger charge is 1.45. The Morgan fingerprint density at radius 2 is 1.43 bits per heavy atom. The predicted octanol–water partition coefficient (Wildman–Crippen LogP) is 0.627. The quantitative estimate of drug-likeness (QED) is 0.147. The van der Waals surface area contributed by atoms with Crippen LogP contribution in [0.3, 0.4) is 0 Å². The minimum atomic E-state index is -1.75. The summed E-state index contributed by atoms with van der Waals surface area (Å²) >= 11 is 0. The van der Waals surface area contributed by atoms with Gasteiger partial charge in [0.2, 0.25) is 0 Å². The highest BCUT2D eigenvalue weighted by atomic mass is 16.9. The first-order valence-corrected chi connectivity index (χ1v) is 0.948. The Kier molecular flexibility index (Phi) is 11.5. The van der Waals surface area contributed by atoms with Crippen LogP contribution >= 0.6 is 0 Å². The molecule has 0 heterocycles. The standard InChI is InChI=1S/N3.NO3/c1-3-2;2-1(3)4/q2*-1. The smallest absolute Gasteiger partial charge is 0.0689 e. The van der Waals surface area contributed by atoms with E-state index in [1.54, 1.807) is 0 Å². The maximum atomic E-state index is 8.25. The van der Waals surface area contributed by atoms with Crippen LogP contribution in [0.15, 0.2) is 0 Å². The van der Waals surface area contributed by atoms with Gasteiger partial charge in [-0.1, -0.05) is 0 Å². The van der Waals surface area contributed by atoms with Crippen molar-refractivity contribution in [2.24, 2.45) is 0 Å². The van der Waals surface area contributed by atoms with Crippen molar-refractivity contribution < 1.29 is 5.09 Å². The van der Waals surface area contributed by atoms with Crippen molar-refractivity contribution in [3.05, 3.63) is 31.3 Å². The van der Waals surface area contributed by atoms with Gasteiger partial charge in [-0.05, 0) is 0 Å². The summed E-state index contributed by atoms with van der Waals surface area (Å²) in [7, 11) is 0. The summed E-state index contributed by atoms with van der Waals surface area (Å²) in [5, 5.41) is 14.8. The summed E-state index contributed by atoms with van der Waals surface area (Å²) in [5.74, 6) is 0. The molecule has 7 heteroatoms. The Bertz CT molecular complexity index is 74.9. The van der Waals surface area contributed by atoms with E-state index >= 15 is 0 Å². The van der Waals surface area contributed by atoms with Gasteiger partial charge in [-0.2, -0.15) is 0 Å². The molecule has 0 saturated carbocycles. The molecule has 0 fully saturated rings. The molecular formula is N4O3-2. The molecule has 0 aliphatic heterocycles. The summed E-state index contributed by atoms with van der Waals surface area (Å²) < 4.78 is 0. The SMILES string of the molecule is O=[N+]([O-])[O-].[N-]=[N+]=[N-]. The topological polar surface area (TPSA) is 125 Å². The Hall–Kier alpha value is -1.49. The average Bonchev–Trinajstić information content (AvgIpc) is 1.33. The molecule has 0 aromatic heterocycles. The van der Waals surface area contributed by atoms with Crippen LogP contribution in [0.25, 0.3) is 16.0 Å². The third kappa shape index (κ3) is 12.8. The van der Waals surface area contributed by atoms with Crippen LogP contribution in [0.4, 0.5) is 0 Å². The van der Waals surface area contributed by atoms with Gasteiger partial charge in [0.25, 0.3) is 0 Å². The van der Waals surface area contributed by atoms with E-state index in [0.29, 0.717) is 0 Å². The summed E-state index contributed by atoms with van der Waals surface area (Å²) in [6.45, 7) is 0. The molecule has 7 nitrogen and oxygen atoms in total. The van der Waals surface area contributed by atoms with E-state index in [1.807, 2.05) is 0 Å². The molecule has 0 N–H and O–H groups in total. The molecule has 0 rings (SSSR count). The van der Waals surface area contributed by atoms with Gasteiger partial charge in [-0.15, -0.1) is 0 Å². The molecule has 0 saturated heterocycles. The van der Waals surface area contributed by atoms with Crippen LogP contribution < -0.4 is 0 Å². The van der Waals surface area contributed by atoms with Gasteiger partial charge < -0.3 is 26.4 Å². The van der Waals surface area contributed by atoms with E-state index in [1.165, 1.54) is 4.91 Å². The largest absolute Gasteiger partial charge is 0.373 e. The molecule has 0 unspecified atom stereocenters. The molecule has 40 valence electrons. The van der Waals surface area contributed by atoms with Gasteiger partial charge >= 0.3 is 0 Å². The zero-order valence-corrected chi connectivity index (χ0v) is 3.01. The second-order valence-corrected chi connectivity index (χ2v) is 0.313. The first kappa shape index (κ1) is 9.10. The summed E-state index contributed by atoms with van der Waals surface area (Å²) in [6.07, 6.45) is 0. The van der Waals surface area contributed by atoms with Gasteiger partial charge in [0, 0.05) is 0 Å². The normalized spacial score (nSPS) is 4.57. The van der Waals surface area contributed by atoms with Crippen molar-refractivity contribution in [1.29, 1.82) is 0 Å². The van der Waals surface area contributed by atoms with Crippen molar-refractivity contribution in [3.8, 4) is 0 Å². The molecule has 0 aromatic rings. The van der Waals surface area contributed by atoms with E-state index in [-0.39, 0.29) is 0 Å². The molecule has 0 amide bonds. The Balaban J connectivity index is 0. The fourth-order valence-electron chi connectivity index (χ4n) is 0. The van der Waals surface area contributed by atoms with Crippen LogP contribution in [-0.4, -0.2) is 5.09 Å². The first-order valence-electron chi connectivity index (χ1n) is 0.948. The molecular weight excluding hydrogens is 104 g/mol. The van der Waals surface area contributed by atoms with Crippen LogP contribution in [0.2, 0.25) is 0 Å². The van der Waals surface area contributed by atoms with Gasteiger partial charge in [0.05, 0.1) is 5.09 Å². The number of hydrogen-bond donors (Lipinski definition) is 0. The molecule has 0 aromatic carbocycles. The lowest BCUT2D eigenvalue weighted by atomic mass is 13.0. The third-order valence-electron chi connectivity index (χ3n) is 0. The minimum absolute atomic E-state index is 1.50. The molecule has 0 spiro atoms.